The van der Waals surface area contributed by atoms with E-state index in [1.54, 1.807) is 24.3 Å². The van der Waals surface area contributed by atoms with Crippen LogP contribution in [0.3, 0.4) is 0 Å². The molecule has 1 aromatic heterocycles. The van der Waals surface area contributed by atoms with Gasteiger partial charge in [-0.2, -0.15) is 0 Å². The molecule has 0 bridgehead atoms. The van der Waals surface area contributed by atoms with Gasteiger partial charge in [-0.05, 0) is 37.6 Å². The van der Waals surface area contributed by atoms with Crippen LogP contribution in [0.1, 0.15) is 38.2 Å². The van der Waals surface area contributed by atoms with E-state index in [1.165, 1.54) is 18.4 Å². The summed E-state index contributed by atoms with van der Waals surface area (Å²) in [5.41, 5.74) is 1.87. The molecule has 0 unspecified atom stereocenters. The van der Waals surface area contributed by atoms with Gasteiger partial charge in [0.2, 0.25) is 0 Å². The van der Waals surface area contributed by atoms with Gasteiger partial charge in [0.05, 0.1) is 18.4 Å². The molecular formula is C15H16N2O3S. The molecule has 1 heterocycles. The lowest BCUT2D eigenvalue weighted by molar-refractivity contribution is 0.0600. The molecule has 21 heavy (non-hydrogen) atoms. The van der Waals surface area contributed by atoms with Crippen molar-refractivity contribution >= 4 is 28.3 Å². The second-order valence-corrected chi connectivity index (χ2v) is 5.60. The van der Waals surface area contributed by atoms with Crippen molar-refractivity contribution in [3.63, 3.8) is 0 Å². The van der Waals surface area contributed by atoms with Gasteiger partial charge in [0, 0.05) is 10.4 Å². The van der Waals surface area contributed by atoms with Crippen LogP contribution in [-0.2, 0) is 11.2 Å². The third kappa shape index (κ3) is 3.46. The molecule has 2 rings (SSSR count). The van der Waals surface area contributed by atoms with Crippen LogP contribution in [0.4, 0.5) is 5.13 Å². The minimum Gasteiger partial charge on any atom is -0.465 e. The van der Waals surface area contributed by atoms with Crippen LogP contribution in [0.2, 0.25) is 0 Å². The summed E-state index contributed by atoms with van der Waals surface area (Å²) in [5.74, 6) is -0.673. The molecule has 1 amide bonds. The molecule has 110 valence electrons. The fraction of sp³-hybridized carbons (Fsp3) is 0.267. The first-order valence-electron chi connectivity index (χ1n) is 6.51. The number of hydrogen-bond acceptors (Lipinski definition) is 5. The molecule has 5 nitrogen and oxygen atoms in total. The molecule has 2 aromatic rings. The molecule has 0 spiro atoms. The summed E-state index contributed by atoms with van der Waals surface area (Å²) in [6, 6.07) is 6.29. The van der Waals surface area contributed by atoms with E-state index in [2.05, 4.69) is 15.0 Å². The van der Waals surface area contributed by atoms with E-state index in [1.807, 2.05) is 13.8 Å². The largest absolute Gasteiger partial charge is 0.465 e. The third-order valence-corrected chi connectivity index (χ3v) is 3.94. The second kappa shape index (κ2) is 6.49. The fourth-order valence-electron chi connectivity index (χ4n) is 1.85. The van der Waals surface area contributed by atoms with Gasteiger partial charge in [0.15, 0.2) is 5.13 Å². The standard InChI is InChI=1S/C15H16N2O3S/c1-4-12-9(2)21-15(16-12)17-13(18)10-5-7-11(8-6-10)14(19)20-3/h5-8H,4H2,1-3H3,(H,16,17,18). The van der Waals surface area contributed by atoms with Gasteiger partial charge < -0.3 is 4.74 Å². The SMILES string of the molecule is CCc1nc(NC(=O)c2ccc(C(=O)OC)cc2)sc1C. The average Bonchev–Trinajstić information content (AvgIpc) is 2.86. The number of rotatable bonds is 4. The van der Waals surface area contributed by atoms with Crippen LogP contribution in [0.25, 0.3) is 0 Å². The Morgan fingerprint density at radius 1 is 1.24 bits per heavy atom. The normalized spacial score (nSPS) is 10.2. The molecule has 0 aliphatic rings. The number of amides is 1. The zero-order valence-electron chi connectivity index (χ0n) is 12.1. The minimum absolute atomic E-state index is 0.247. The molecule has 0 aliphatic carbocycles. The Kier molecular flexibility index (Phi) is 4.70. The number of esters is 1. The highest BCUT2D eigenvalue weighted by atomic mass is 32.1. The van der Waals surface area contributed by atoms with Crippen LogP contribution >= 0.6 is 11.3 Å². The summed E-state index contributed by atoms with van der Waals surface area (Å²) in [4.78, 5) is 28.9. The smallest absolute Gasteiger partial charge is 0.337 e. The maximum absolute atomic E-state index is 12.1. The highest BCUT2D eigenvalue weighted by molar-refractivity contribution is 7.15. The molecule has 1 N–H and O–H groups in total. The van der Waals surface area contributed by atoms with Gasteiger partial charge in [0.1, 0.15) is 0 Å². The molecule has 1 aromatic carbocycles. The quantitative estimate of drug-likeness (QED) is 0.881. The Morgan fingerprint density at radius 3 is 2.38 bits per heavy atom. The van der Waals surface area contributed by atoms with E-state index in [0.717, 1.165) is 17.0 Å². The van der Waals surface area contributed by atoms with Crippen LogP contribution in [0.15, 0.2) is 24.3 Å². The average molecular weight is 304 g/mol. The van der Waals surface area contributed by atoms with Crippen molar-refractivity contribution < 1.29 is 14.3 Å². The van der Waals surface area contributed by atoms with Gasteiger partial charge in [-0.25, -0.2) is 9.78 Å². The number of hydrogen-bond donors (Lipinski definition) is 1. The number of thiazole rings is 1. The van der Waals surface area contributed by atoms with E-state index in [9.17, 15) is 9.59 Å². The Morgan fingerprint density at radius 2 is 1.86 bits per heavy atom. The summed E-state index contributed by atoms with van der Waals surface area (Å²) in [5, 5.41) is 3.36. The van der Waals surface area contributed by atoms with Crippen molar-refractivity contribution in [2.45, 2.75) is 20.3 Å². The lowest BCUT2D eigenvalue weighted by Gasteiger charge is -2.03. The predicted molar refractivity (Wildman–Crippen MR) is 82.0 cm³/mol. The van der Waals surface area contributed by atoms with Crippen LogP contribution in [-0.4, -0.2) is 24.0 Å². The summed E-state index contributed by atoms with van der Waals surface area (Å²) < 4.78 is 4.61. The van der Waals surface area contributed by atoms with Crippen LogP contribution in [0, 0.1) is 6.92 Å². The van der Waals surface area contributed by atoms with Crippen molar-refractivity contribution in [2.24, 2.45) is 0 Å². The van der Waals surface area contributed by atoms with Crippen molar-refractivity contribution in [1.29, 1.82) is 0 Å². The lowest BCUT2D eigenvalue weighted by Crippen LogP contribution is -2.12. The number of benzene rings is 1. The highest BCUT2D eigenvalue weighted by Crippen LogP contribution is 2.22. The zero-order valence-corrected chi connectivity index (χ0v) is 12.9. The first-order valence-corrected chi connectivity index (χ1v) is 7.32. The van der Waals surface area contributed by atoms with Gasteiger partial charge >= 0.3 is 5.97 Å². The molecule has 0 saturated heterocycles. The fourth-order valence-corrected chi connectivity index (χ4v) is 2.75. The number of carbonyl (C=O) groups is 2. The van der Waals surface area contributed by atoms with Crippen LogP contribution in [0.5, 0.6) is 0 Å². The Balaban J connectivity index is 2.11. The number of nitrogens with zero attached hydrogens (tertiary/aromatic N) is 1. The number of methoxy groups -OCH3 is 1. The second-order valence-electron chi connectivity index (χ2n) is 4.40. The third-order valence-electron chi connectivity index (χ3n) is 3.02. The number of ether oxygens (including phenoxy) is 1. The summed E-state index contributed by atoms with van der Waals surface area (Å²) in [6.07, 6.45) is 0.839. The van der Waals surface area contributed by atoms with Crippen molar-refractivity contribution in [1.82, 2.24) is 4.98 Å². The summed E-state index contributed by atoms with van der Waals surface area (Å²) >= 11 is 1.46. The van der Waals surface area contributed by atoms with Crippen molar-refractivity contribution in [2.75, 3.05) is 12.4 Å². The minimum atomic E-state index is -0.426. The van der Waals surface area contributed by atoms with Gasteiger partial charge in [-0.3, -0.25) is 10.1 Å². The van der Waals surface area contributed by atoms with Crippen molar-refractivity contribution in [3.05, 3.63) is 46.0 Å². The zero-order chi connectivity index (χ0) is 15.4. The van der Waals surface area contributed by atoms with E-state index < -0.39 is 5.97 Å². The van der Waals surface area contributed by atoms with E-state index in [4.69, 9.17) is 0 Å². The molecule has 0 saturated carbocycles. The molecule has 6 heteroatoms. The number of anilines is 1. The molecule has 0 radical (unpaired) electrons. The van der Waals surface area contributed by atoms with Gasteiger partial charge in [-0.1, -0.05) is 6.92 Å². The molecule has 0 atom stereocenters. The van der Waals surface area contributed by atoms with Gasteiger partial charge in [-0.15, -0.1) is 11.3 Å². The first kappa shape index (κ1) is 15.2. The number of nitrogens with one attached hydrogen (secondary N) is 1. The number of carbonyl (C=O) groups excluding carboxylic acids is 2. The topological polar surface area (TPSA) is 68.3 Å². The summed E-state index contributed by atoms with van der Waals surface area (Å²) in [6.45, 7) is 4.01. The molecular weight excluding hydrogens is 288 g/mol. The van der Waals surface area contributed by atoms with E-state index in [-0.39, 0.29) is 5.91 Å². The maximum Gasteiger partial charge on any atom is 0.337 e. The molecule has 0 fully saturated rings. The Labute approximate surface area is 127 Å². The number of aryl methyl sites for hydroxylation is 2. The van der Waals surface area contributed by atoms with E-state index >= 15 is 0 Å². The molecule has 0 aliphatic heterocycles. The highest BCUT2D eigenvalue weighted by Gasteiger charge is 2.12. The monoisotopic (exact) mass is 304 g/mol. The van der Waals surface area contributed by atoms with Crippen molar-refractivity contribution in [3.8, 4) is 0 Å². The Bertz CT molecular complexity index is 662. The van der Waals surface area contributed by atoms with Gasteiger partial charge in [0.25, 0.3) is 5.91 Å². The lowest BCUT2D eigenvalue weighted by atomic mass is 10.1. The maximum atomic E-state index is 12.1. The number of aromatic nitrogens is 1. The van der Waals surface area contributed by atoms with Crippen LogP contribution < -0.4 is 5.32 Å². The predicted octanol–water partition coefficient (Wildman–Crippen LogP) is 3.05. The summed E-state index contributed by atoms with van der Waals surface area (Å²) in [7, 11) is 1.32. The first-order chi connectivity index (χ1) is 10.0. The van der Waals surface area contributed by atoms with E-state index in [0.29, 0.717) is 16.3 Å². The Hall–Kier alpha value is -2.21.